The first-order valence-corrected chi connectivity index (χ1v) is 8.60. The van der Waals surface area contributed by atoms with Crippen molar-refractivity contribution < 1.29 is 9.90 Å². The maximum absolute atomic E-state index is 12.2. The first-order valence-electron chi connectivity index (χ1n) is 7.20. The number of amides is 1. The van der Waals surface area contributed by atoms with E-state index in [2.05, 4.69) is 28.3 Å². The van der Waals surface area contributed by atoms with Crippen LogP contribution in [0.2, 0.25) is 0 Å². The van der Waals surface area contributed by atoms with Gasteiger partial charge in [-0.15, -0.1) is 0 Å². The van der Waals surface area contributed by atoms with Crippen LogP contribution >= 0.6 is 11.8 Å². The lowest BCUT2D eigenvalue weighted by atomic mass is 10.0. The number of hydrogen-bond acceptors (Lipinski definition) is 5. The van der Waals surface area contributed by atoms with Crippen LogP contribution in [-0.4, -0.2) is 41.7 Å². The fourth-order valence-corrected chi connectivity index (χ4v) is 2.92. The average molecular weight is 309 g/mol. The Morgan fingerprint density at radius 3 is 2.86 bits per heavy atom. The lowest BCUT2D eigenvalue weighted by Crippen LogP contribution is -2.48. The summed E-state index contributed by atoms with van der Waals surface area (Å²) in [4.78, 5) is 12.2. The lowest BCUT2D eigenvalue weighted by Gasteiger charge is -2.18. The molecule has 116 valence electrons. The second-order valence-electron chi connectivity index (χ2n) is 5.21. The Kier molecular flexibility index (Phi) is 6.50. The molecule has 1 aromatic rings. The third-order valence-corrected chi connectivity index (χ3v) is 4.30. The van der Waals surface area contributed by atoms with Crippen LogP contribution < -0.4 is 16.2 Å². The third-order valence-electron chi connectivity index (χ3n) is 3.66. The van der Waals surface area contributed by atoms with Crippen molar-refractivity contribution in [1.29, 1.82) is 0 Å². The first-order chi connectivity index (χ1) is 10.2. The quantitative estimate of drug-likeness (QED) is 0.600. The van der Waals surface area contributed by atoms with Gasteiger partial charge in [0.15, 0.2) is 0 Å². The predicted octanol–water partition coefficient (Wildman–Crippen LogP) is 0.824. The summed E-state index contributed by atoms with van der Waals surface area (Å²) in [5.41, 5.74) is 7.37. The van der Waals surface area contributed by atoms with E-state index in [1.54, 1.807) is 11.8 Å². The van der Waals surface area contributed by atoms with Gasteiger partial charge in [-0.25, -0.2) is 10.9 Å². The molecule has 1 fully saturated rings. The molecule has 1 saturated heterocycles. The van der Waals surface area contributed by atoms with Crippen molar-refractivity contribution in [2.24, 2.45) is 0 Å². The summed E-state index contributed by atoms with van der Waals surface area (Å²) < 4.78 is 0. The van der Waals surface area contributed by atoms with E-state index in [0.29, 0.717) is 6.42 Å². The smallest absolute Gasteiger partial charge is 0.238 e. The third kappa shape index (κ3) is 4.71. The largest absolute Gasteiger partial charge is 0.394 e. The minimum Gasteiger partial charge on any atom is -0.394 e. The fourth-order valence-electron chi connectivity index (χ4n) is 2.40. The van der Waals surface area contributed by atoms with Crippen LogP contribution in [0, 0.1) is 0 Å². The highest BCUT2D eigenvalue weighted by Gasteiger charge is 2.30. The Hall–Kier alpha value is -1.08. The van der Waals surface area contributed by atoms with Crippen molar-refractivity contribution in [3.63, 3.8) is 0 Å². The number of thioether (sulfide) groups is 1. The number of aliphatic hydroxyl groups is 1. The van der Waals surface area contributed by atoms with Gasteiger partial charge in [0.05, 0.1) is 12.6 Å². The van der Waals surface area contributed by atoms with Gasteiger partial charge in [-0.2, -0.15) is 11.8 Å². The first kappa shape index (κ1) is 16.3. The molecule has 5 nitrogen and oxygen atoms in total. The highest BCUT2D eigenvalue weighted by Crippen LogP contribution is 2.21. The van der Waals surface area contributed by atoms with Crippen molar-refractivity contribution >= 4 is 17.7 Å². The molecule has 3 atom stereocenters. The molecule has 21 heavy (non-hydrogen) atoms. The van der Waals surface area contributed by atoms with Crippen LogP contribution in [0.25, 0.3) is 0 Å². The van der Waals surface area contributed by atoms with E-state index in [1.807, 2.05) is 24.5 Å². The van der Waals surface area contributed by atoms with Gasteiger partial charge >= 0.3 is 0 Å². The summed E-state index contributed by atoms with van der Waals surface area (Å²) in [6, 6.07) is 9.78. The fraction of sp³-hybridized carbons (Fsp3) is 0.533. The van der Waals surface area contributed by atoms with Crippen molar-refractivity contribution in [3.8, 4) is 0 Å². The topological polar surface area (TPSA) is 73.4 Å². The maximum Gasteiger partial charge on any atom is 0.238 e. The molecule has 6 heteroatoms. The normalized spacial score (nSPS) is 23.0. The average Bonchev–Trinajstić information content (AvgIpc) is 3.02. The summed E-state index contributed by atoms with van der Waals surface area (Å²) in [6.45, 7) is -0.0193. The van der Waals surface area contributed by atoms with Gasteiger partial charge in [-0.1, -0.05) is 30.3 Å². The Morgan fingerprint density at radius 2 is 2.19 bits per heavy atom. The number of nitrogens with one attached hydrogen (secondary N) is 3. The second kappa shape index (κ2) is 8.38. The number of aliphatic hydroxyl groups excluding tert-OH is 1. The van der Waals surface area contributed by atoms with Crippen LogP contribution in [0.5, 0.6) is 0 Å². The monoisotopic (exact) mass is 309 g/mol. The summed E-state index contributed by atoms with van der Waals surface area (Å²) in [6.07, 6.45) is 3.51. The van der Waals surface area contributed by atoms with Crippen LogP contribution in [-0.2, 0) is 4.79 Å². The zero-order valence-electron chi connectivity index (χ0n) is 12.2. The molecule has 1 aliphatic heterocycles. The molecule has 1 aromatic carbocycles. The summed E-state index contributed by atoms with van der Waals surface area (Å²) in [5.74, 6) is 0.871. The van der Waals surface area contributed by atoms with Crippen LogP contribution in [0.1, 0.15) is 24.4 Å². The van der Waals surface area contributed by atoms with Gasteiger partial charge in [-0.05, 0) is 30.4 Å². The molecule has 2 rings (SSSR count). The van der Waals surface area contributed by atoms with E-state index in [4.69, 9.17) is 0 Å². The molecule has 1 heterocycles. The SMILES string of the molecule is CSCC[C@@H](CO)NC(=O)C1CC(c2ccccc2)NN1. The Balaban J connectivity index is 1.84. The number of benzene rings is 1. The molecule has 0 saturated carbocycles. The highest BCUT2D eigenvalue weighted by molar-refractivity contribution is 7.98. The van der Waals surface area contributed by atoms with E-state index in [9.17, 15) is 9.90 Å². The molecule has 4 N–H and O–H groups in total. The number of hydrazine groups is 1. The molecule has 0 aromatic heterocycles. The van der Waals surface area contributed by atoms with E-state index >= 15 is 0 Å². The Bertz CT molecular complexity index is 444. The maximum atomic E-state index is 12.2. The molecular weight excluding hydrogens is 286 g/mol. The van der Waals surface area contributed by atoms with Crippen molar-refractivity contribution in [3.05, 3.63) is 35.9 Å². The zero-order valence-corrected chi connectivity index (χ0v) is 13.0. The van der Waals surface area contributed by atoms with Gasteiger partial charge in [-0.3, -0.25) is 4.79 Å². The molecule has 0 radical (unpaired) electrons. The second-order valence-corrected chi connectivity index (χ2v) is 6.20. The highest BCUT2D eigenvalue weighted by atomic mass is 32.2. The summed E-state index contributed by atoms with van der Waals surface area (Å²) in [5, 5.41) is 12.2. The van der Waals surface area contributed by atoms with Crippen LogP contribution in [0.15, 0.2) is 30.3 Å². The van der Waals surface area contributed by atoms with E-state index in [-0.39, 0.29) is 30.6 Å². The zero-order chi connectivity index (χ0) is 15.1. The molecule has 0 bridgehead atoms. The standard InChI is InChI=1S/C15H23N3O2S/c1-21-8-7-12(10-19)16-15(20)14-9-13(17-18-14)11-5-3-2-4-6-11/h2-6,12-14,17-19H,7-10H2,1H3,(H,16,20)/t12-,13?,14?/m0/s1. The minimum absolute atomic E-state index is 0.0193. The van der Waals surface area contributed by atoms with Gasteiger partial charge in [0.2, 0.25) is 5.91 Å². The van der Waals surface area contributed by atoms with E-state index < -0.39 is 0 Å². The molecule has 1 amide bonds. The number of carbonyl (C=O) groups excluding carboxylic acids is 1. The molecule has 1 aliphatic rings. The number of carbonyl (C=O) groups is 1. The van der Waals surface area contributed by atoms with Crippen LogP contribution in [0.4, 0.5) is 0 Å². The molecular formula is C15H23N3O2S. The van der Waals surface area contributed by atoms with Gasteiger partial charge in [0.1, 0.15) is 6.04 Å². The number of hydrogen-bond donors (Lipinski definition) is 4. The lowest BCUT2D eigenvalue weighted by molar-refractivity contribution is -0.123. The van der Waals surface area contributed by atoms with Crippen molar-refractivity contribution in [2.45, 2.75) is 31.0 Å². The minimum atomic E-state index is -0.265. The van der Waals surface area contributed by atoms with Gasteiger partial charge in [0, 0.05) is 6.04 Å². The van der Waals surface area contributed by atoms with Crippen LogP contribution in [0.3, 0.4) is 0 Å². The number of rotatable bonds is 7. The molecule has 2 unspecified atom stereocenters. The summed E-state index contributed by atoms with van der Waals surface area (Å²) >= 11 is 1.71. The molecule has 0 aliphatic carbocycles. The van der Waals surface area contributed by atoms with Gasteiger partial charge in [0.25, 0.3) is 0 Å². The van der Waals surface area contributed by atoms with Gasteiger partial charge < -0.3 is 10.4 Å². The predicted molar refractivity (Wildman–Crippen MR) is 85.9 cm³/mol. The van der Waals surface area contributed by atoms with E-state index in [0.717, 1.165) is 12.2 Å². The molecule has 0 spiro atoms. The summed E-state index contributed by atoms with van der Waals surface area (Å²) in [7, 11) is 0. The van der Waals surface area contributed by atoms with E-state index in [1.165, 1.54) is 5.56 Å². The van der Waals surface area contributed by atoms with Crippen molar-refractivity contribution in [1.82, 2.24) is 16.2 Å². The Morgan fingerprint density at radius 1 is 1.43 bits per heavy atom. The Labute approximate surface area is 129 Å². The van der Waals surface area contributed by atoms with Crippen molar-refractivity contribution in [2.75, 3.05) is 18.6 Å².